The van der Waals surface area contributed by atoms with E-state index in [1.165, 1.54) is 6.42 Å². The molecule has 2 aliphatic rings. The van der Waals surface area contributed by atoms with E-state index in [1.54, 1.807) is 18.0 Å². The second-order valence-electron chi connectivity index (χ2n) is 6.57. The van der Waals surface area contributed by atoms with Crippen molar-refractivity contribution in [2.75, 3.05) is 23.7 Å². The Hall–Kier alpha value is -1.99. The van der Waals surface area contributed by atoms with Crippen molar-refractivity contribution >= 4 is 34.4 Å². The van der Waals surface area contributed by atoms with Gasteiger partial charge in [0.25, 0.3) is 5.91 Å². The van der Waals surface area contributed by atoms with Crippen molar-refractivity contribution < 1.29 is 4.79 Å². The van der Waals surface area contributed by atoms with E-state index >= 15 is 0 Å². The molecule has 25 heavy (non-hydrogen) atoms. The quantitative estimate of drug-likeness (QED) is 0.782. The smallest absolute Gasteiger partial charge is 0.259 e. The molecule has 2 aromatic heterocycles. The first-order chi connectivity index (χ1) is 12.2. The minimum absolute atomic E-state index is 0.0234. The molecule has 0 bridgehead atoms. The standard InChI is InChI=1S/C18H23N5OS/c1-12(14-3-2-6-19-14)22-18(24)16-11-23(9-10-25-16)15-5-8-21-17-13(15)4-7-20-17/h4-5,7-8,11-12,14,19H,2-3,6,9-10H2,1H3,(H,20,21)(H,22,24)/t12?,14-/m1/s1. The van der Waals surface area contributed by atoms with Crippen LogP contribution in [0.15, 0.2) is 35.6 Å². The van der Waals surface area contributed by atoms with Crippen molar-refractivity contribution in [2.45, 2.75) is 31.8 Å². The number of hydrogen-bond donors (Lipinski definition) is 3. The first kappa shape index (κ1) is 16.5. The zero-order chi connectivity index (χ0) is 17.2. The molecule has 1 unspecified atom stereocenters. The summed E-state index contributed by atoms with van der Waals surface area (Å²) in [4.78, 5) is 23.1. The highest BCUT2D eigenvalue weighted by atomic mass is 32.2. The lowest BCUT2D eigenvalue weighted by Gasteiger charge is -2.28. The molecule has 2 aliphatic heterocycles. The third kappa shape index (κ3) is 3.39. The number of nitrogens with one attached hydrogen (secondary N) is 3. The lowest BCUT2D eigenvalue weighted by Crippen LogP contribution is -2.46. The summed E-state index contributed by atoms with van der Waals surface area (Å²) in [7, 11) is 0. The third-order valence-electron chi connectivity index (χ3n) is 4.89. The summed E-state index contributed by atoms with van der Waals surface area (Å²) < 4.78 is 0. The molecule has 3 N–H and O–H groups in total. The van der Waals surface area contributed by atoms with Gasteiger partial charge in [-0.3, -0.25) is 4.79 Å². The number of rotatable bonds is 4. The molecular weight excluding hydrogens is 334 g/mol. The van der Waals surface area contributed by atoms with E-state index in [0.717, 1.165) is 46.9 Å². The van der Waals surface area contributed by atoms with Crippen LogP contribution in [0.5, 0.6) is 0 Å². The summed E-state index contributed by atoms with van der Waals surface area (Å²) in [6, 6.07) is 4.56. The number of carbonyl (C=O) groups is 1. The van der Waals surface area contributed by atoms with Crippen molar-refractivity contribution in [3.05, 3.63) is 35.6 Å². The Bertz CT molecular complexity index is 796. The first-order valence-corrected chi connectivity index (χ1v) is 9.78. The maximum absolute atomic E-state index is 12.7. The van der Waals surface area contributed by atoms with E-state index in [0.29, 0.717) is 6.04 Å². The molecule has 0 aliphatic carbocycles. The van der Waals surface area contributed by atoms with Crippen LogP contribution in [0.1, 0.15) is 19.8 Å². The summed E-state index contributed by atoms with van der Waals surface area (Å²) in [5.41, 5.74) is 1.96. The highest BCUT2D eigenvalue weighted by Crippen LogP contribution is 2.30. The van der Waals surface area contributed by atoms with Crippen molar-refractivity contribution in [2.24, 2.45) is 0 Å². The van der Waals surface area contributed by atoms with E-state index in [1.807, 2.05) is 24.5 Å². The van der Waals surface area contributed by atoms with E-state index in [-0.39, 0.29) is 11.9 Å². The monoisotopic (exact) mass is 357 g/mol. The average Bonchev–Trinajstić information content (AvgIpc) is 3.33. The summed E-state index contributed by atoms with van der Waals surface area (Å²) in [6.45, 7) is 4.01. The Morgan fingerprint density at radius 3 is 3.24 bits per heavy atom. The number of aromatic nitrogens is 2. The number of amides is 1. The summed E-state index contributed by atoms with van der Waals surface area (Å²) in [5.74, 6) is 0.916. The molecule has 0 aromatic carbocycles. The minimum atomic E-state index is 0.0234. The Kier molecular flexibility index (Phi) is 4.67. The van der Waals surface area contributed by atoms with E-state index in [2.05, 4.69) is 32.4 Å². The van der Waals surface area contributed by atoms with E-state index in [9.17, 15) is 4.79 Å². The molecule has 132 valence electrons. The van der Waals surface area contributed by atoms with Crippen LogP contribution in [-0.4, -0.2) is 46.8 Å². The summed E-state index contributed by atoms with van der Waals surface area (Å²) >= 11 is 1.63. The fourth-order valence-electron chi connectivity index (χ4n) is 3.53. The number of carbonyl (C=O) groups excluding carboxylic acids is 1. The number of anilines is 1. The molecule has 2 aromatic rings. The van der Waals surface area contributed by atoms with Crippen LogP contribution in [0.2, 0.25) is 0 Å². The van der Waals surface area contributed by atoms with Gasteiger partial charge in [-0.25, -0.2) is 4.98 Å². The SMILES string of the molecule is CC(NC(=O)C1=CN(c2ccnc3[nH]ccc23)CCS1)[C@H]1CCCN1. The van der Waals surface area contributed by atoms with Gasteiger partial charge in [0.2, 0.25) is 0 Å². The molecule has 4 rings (SSSR count). The maximum Gasteiger partial charge on any atom is 0.259 e. The summed E-state index contributed by atoms with van der Waals surface area (Å²) in [6.07, 6.45) is 7.98. The fraction of sp³-hybridized carbons (Fsp3) is 0.444. The molecular formula is C18H23N5OS. The Labute approximate surface area is 151 Å². The van der Waals surface area contributed by atoms with Crippen LogP contribution in [0.25, 0.3) is 11.0 Å². The van der Waals surface area contributed by atoms with Crippen LogP contribution >= 0.6 is 11.8 Å². The predicted molar refractivity (Wildman–Crippen MR) is 103 cm³/mol. The molecule has 1 saturated heterocycles. The van der Waals surface area contributed by atoms with Gasteiger partial charge in [0.15, 0.2) is 0 Å². The van der Waals surface area contributed by atoms with E-state index < -0.39 is 0 Å². The predicted octanol–water partition coefficient (Wildman–Crippen LogP) is 2.21. The van der Waals surface area contributed by atoms with Crippen LogP contribution in [0.4, 0.5) is 5.69 Å². The lowest BCUT2D eigenvalue weighted by atomic mass is 10.1. The normalized spacial score (nSPS) is 22.0. The fourth-order valence-corrected chi connectivity index (χ4v) is 4.42. The van der Waals surface area contributed by atoms with Gasteiger partial charge in [-0.1, -0.05) is 0 Å². The van der Waals surface area contributed by atoms with Crippen molar-refractivity contribution in [3.63, 3.8) is 0 Å². The molecule has 0 saturated carbocycles. The number of thioether (sulfide) groups is 1. The number of pyridine rings is 1. The van der Waals surface area contributed by atoms with Crippen LogP contribution in [0.3, 0.4) is 0 Å². The van der Waals surface area contributed by atoms with Gasteiger partial charge < -0.3 is 20.5 Å². The van der Waals surface area contributed by atoms with Gasteiger partial charge in [-0.05, 0) is 38.4 Å². The van der Waals surface area contributed by atoms with Gasteiger partial charge in [-0.15, -0.1) is 11.8 Å². The first-order valence-electron chi connectivity index (χ1n) is 8.80. The average molecular weight is 357 g/mol. The van der Waals surface area contributed by atoms with Crippen LogP contribution in [-0.2, 0) is 4.79 Å². The molecule has 0 radical (unpaired) electrons. The van der Waals surface area contributed by atoms with Gasteiger partial charge in [0.05, 0.1) is 10.6 Å². The molecule has 4 heterocycles. The van der Waals surface area contributed by atoms with Gasteiger partial charge in [0.1, 0.15) is 5.65 Å². The molecule has 7 heteroatoms. The molecule has 6 nitrogen and oxygen atoms in total. The zero-order valence-corrected chi connectivity index (χ0v) is 15.1. The number of aromatic amines is 1. The number of hydrogen-bond acceptors (Lipinski definition) is 5. The van der Waals surface area contributed by atoms with Crippen molar-refractivity contribution in [1.29, 1.82) is 0 Å². The topological polar surface area (TPSA) is 73.0 Å². The van der Waals surface area contributed by atoms with Crippen molar-refractivity contribution in [3.8, 4) is 0 Å². The second kappa shape index (κ2) is 7.09. The molecule has 0 spiro atoms. The van der Waals surface area contributed by atoms with E-state index in [4.69, 9.17) is 0 Å². The van der Waals surface area contributed by atoms with Gasteiger partial charge in [-0.2, -0.15) is 0 Å². The molecule has 1 fully saturated rings. The van der Waals surface area contributed by atoms with Crippen molar-refractivity contribution in [1.82, 2.24) is 20.6 Å². The third-order valence-corrected chi connectivity index (χ3v) is 5.88. The Morgan fingerprint density at radius 2 is 2.40 bits per heavy atom. The number of H-pyrrole nitrogens is 1. The summed E-state index contributed by atoms with van der Waals surface area (Å²) in [5, 5.41) is 7.69. The number of nitrogens with zero attached hydrogens (tertiary/aromatic N) is 2. The zero-order valence-electron chi connectivity index (χ0n) is 14.3. The maximum atomic E-state index is 12.7. The highest BCUT2D eigenvalue weighted by Gasteiger charge is 2.25. The highest BCUT2D eigenvalue weighted by molar-refractivity contribution is 8.04. The van der Waals surface area contributed by atoms with Crippen LogP contribution < -0.4 is 15.5 Å². The Morgan fingerprint density at radius 1 is 1.48 bits per heavy atom. The van der Waals surface area contributed by atoms with Crippen LogP contribution in [0, 0.1) is 0 Å². The lowest BCUT2D eigenvalue weighted by molar-refractivity contribution is -0.117. The molecule has 1 amide bonds. The van der Waals surface area contributed by atoms with Gasteiger partial charge >= 0.3 is 0 Å². The largest absolute Gasteiger partial charge is 0.348 e. The molecule has 2 atom stereocenters. The minimum Gasteiger partial charge on any atom is -0.348 e. The Balaban J connectivity index is 1.52. The second-order valence-corrected chi connectivity index (χ2v) is 7.71. The number of fused-ring (bicyclic) bond motifs is 1. The van der Waals surface area contributed by atoms with Gasteiger partial charge in [0, 0.05) is 48.4 Å².